The lowest BCUT2D eigenvalue weighted by molar-refractivity contribution is 0.164. The zero-order valence-electron chi connectivity index (χ0n) is 11.6. The Morgan fingerprint density at radius 3 is 2.50 bits per heavy atom. The van der Waals surface area contributed by atoms with E-state index in [4.69, 9.17) is 0 Å². The summed E-state index contributed by atoms with van der Waals surface area (Å²) in [6.07, 6.45) is 2.25. The fraction of sp³-hybridized carbons (Fsp3) is 0.571. The molecule has 0 unspecified atom stereocenters. The van der Waals surface area contributed by atoms with Crippen LogP contribution in [0.3, 0.4) is 0 Å². The number of nitrogens with one attached hydrogen (secondary N) is 1. The largest absolute Gasteiger partial charge is 0.314 e. The number of benzene rings is 1. The molecule has 6 heteroatoms. The average Bonchev–Trinajstić information content (AvgIpc) is 2.38. The smallest absolute Gasteiger partial charge is 0.124 e. The first-order valence-electron chi connectivity index (χ1n) is 6.62. The Morgan fingerprint density at radius 2 is 1.95 bits per heavy atom. The highest BCUT2D eigenvalue weighted by Crippen LogP contribution is 2.32. The van der Waals surface area contributed by atoms with Gasteiger partial charge in [-0.05, 0) is 24.1 Å². The summed E-state index contributed by atoms with van der Waals surface area (Å²) in [6.45, 7) is 6.41. The van der Waals surface area contributed by atoms with Gasteiger partial charge in [0.2, 0.25) is 0 Å². The van der Waals surface area contributed by atoms with Gasteiger partial charge in [0.05, 0.1) is 0 Å². The Morgan fingerprint density at radius 1 is 1.30 bits per heavy atom. The van der Waals surface area contributed by atoms with Crippen LogP contribution in [0, 0.1) is 5.82 Å². The molecule has 1 heterocycles. The maximum absolute atomic E-state index is 13.2. The topological polar surface area (TPSA) is 15.3 Å². The second kappa shape index (κ2) is 9.96. The van der Waals surface area contributed by atoms with Gasteiger partial charge in [-0.1, -0.05) is 35.3 Å². The number of rotatable bonds is 4. The van der Waals surface area contributed by atoms with Gasteiger partial charge >= 0.3 is 0 Å². The maximum atomic E-state index is 13.2. The van der Waals surface area contributed by atoms with Crippen molar-refractivity contribution >= 4 is 40.7 Å². The lowest BCUT2D eigenvalue weighted by atomic mass is 10.00. The van der Waals surface area contributed by atoms with Gasteiger partial charge in [-0.15, -0.1) is 24.8 Å². The van der Waals surface area contributed by atoms with Crippen molar-refractivity contribution in [2.45, 2.75) is 25.8 Å². The van der Waals surface area contributed by atoms with E-state index in [-0.39, 0.29) is 30.6 Å². The molecule has 2 nitrogen and oxygen atoms in total. The zero-order valence-corrected chi connectivity index (χ0v) is 14.8. The van der Waals surface area contributed by atoms with E-state index in [1.165, 1.54) is 5.56 Å². The van der Waals surface area contributed by atoms with Crippen LogP contribution in [0.2, 0.25) is 0 Å². The molecule has 0 spiro atoms. The molecule has 1 aromatic carbocycles. The Kier molecular flexibility index (Phi) is 10.0. The fourth-order valence-corrected chi connectivity index (χ4v) is 3.19. The Hall–Kier alpha value is 0.130. The molecule has 116 valence electrons. The molecule has 1 atom stereocenters. The lowest BCUT2D eigenvalue weighted by Gasteiger charge is -2.35. The third kappa shape index (κ3) is 5.15. The lowest BCUT2D eigenvalue weighted by Crippen LogP contribution is -2.45. The highest BCUT2D eigenvalue weighted by atomic mass is 79.9. The molecule has 1 saturated heterocycles. The molecule has 1 aliphatic rings. The number of piperazine rings is 1. The predicted octanol–water partition coefficient (Wildman–Crippen LogP) is 4.18. The van der Waals surface area contributed by atoms with Crippen LogP contribution < -0.4 is 5.32 Å². The molecule has 0 aromatic heterocycles. The van der Waals surface area contributed by atoms with Crippen molar-refractivity contribution in [2.75, 3.05) is 26.2 Å². The second-order valence-electron chi connectivity index (χ2n) is 4.76. The second-order valence-corrected chi connectivity index (χ2v) is 5.61. The summed E-state index contributed by atoms with van der Waals surface area (Å²) in [5.41, 5.74) is 1.21. The van der Waals surface area contributed by atoms with Gasteiger partial charge in [0, 0.05) is 36.7 Å². The van der Waals surface area contributed by atoms with Gasteiger partial charge in [-0.2, -0.15) is 0 Å². The summed E-state index contributed by atoms with van der Waals surface area (Å²) >= 11 is 3.50. The summed E-state index contributed by atoms with van der Waals surface area (Å²) in [4.78, 5) is 2.50. The normalized spacial score (nSPS) is 16.9. The molecule has 20 heavy (non-hydrogen) atoms. The Bertz CT molecular complexity index is 401. The number of hydrogen-bond donors (Lipinski definition) is 1. The number of halogens is 4. The van der Waals surface area contributed by atoms with Crippen molar-refractivity contribution in [3.05, 3.63) is 34.1 Å². The van der Waals surface area contributed by atoms with Gasteiger partial charge in [0.25, 0.3) is 0 Å². The van der Waals surface area contributed by atoms with E-state index in [0.717, 1.165) is 43.5 Å². The molecule has 1 aliphatic heterocycles. The molecule has 0 aliphatic carbocycles. The zero-order chi connectivity index (χ0) is 13.0. The number of nitrogens with zero attached hydrogens (tertiary/aromatic N) is 1. The van der Waals surface area contributed by atoms with Crippen LogP contribution >= 0.6 is 40.7 Å². The summed E-state index contributed by atoms with van der Waals surface area (Å²) in [5, 5.41) is 3.37. The van der Waals surface area contributed by atoms with Crippen LogP contribution in [0.15, 0.2) is 22.7 Å². The first-order valence-corrected chi connectivity index (χ1v) is 7.41. The highest BCUT2D eigenvalue weighted by Gasteiger charge is 2.23. The molecule has 0 radical (unpaired) electrons. The molecular weight excluding hydrogens is 366 g/mol. The van der Waals surface area contributed by atoms with Crippen molar-refractivity contribution in [3.63, 3.8) is 0 Å². The van der Waals surface area contributed by atoms with Crippen LogP contribution in [0.25, 0.3) is 0 Å². The molecule has 0 saturated carbocycles. The van der Waals surface area contributed by atoms with E-state index in [1.807, 2.05) is 6.07 Å². The quantitative estimate of drug-likeness (QED) is 0.833. The molecular formula is C14H22BrCl2FN2. The van der Waals surface area contributed by atoms with Crippen LogP contribution in [0.4, 0.5) is 4.39 Å². The summed E-state index contributed by atoms with van der Waals surface area (Å²) in [5.74, 6) is -0.179. The summed E-state index contributed by atoms with van der Waals surface area (Å²) < 4.78 is 14.1. The molecule has 2 rings (SSSR count). The van der Waals surface area contributed by atoms with Gasteiger partial charge in [-0.25, -0.2) is 4.39 Å². The SMILES string of the molecule is CCC[C@@H](c1ccc(F)cc1Br)N1CCNCC1.Cl.Cl. The van der Waals surface area contributed by atoms with Crippen LogP contribution in [-0.2, 0) is 0 Å². The predicted molar refractivity (Wildman–Crippen MR) is 90.7 cm³/mol. The summed E-state index contributed by atoms with van der Waals surface area (Å²) in [7, 11) is 0. The van der Waals surface area contributed by atoms with Crippen molar-refractivity contribution in [2.24, 2.45) is 0 Å². The molecule has 0 amide bonds. The van der Waals surface area contributed by atoms with Crippen molar-refractivity contribution in [3.8, 4) is 0 Å². The molecule has 1 aromatic rings. The van der Waals surface area contributed by atoms with Gasteiger partial charge in [0.15, 0.2) is 0 Å². The van der Waals surface area contributed by atoms with E-state index in [2.05, 4.69) is 33.1 Å². The van der Waals surface area contributed by atoms with E-state index < -0.39 is 0 Å². The van der Waals surface area contributed by atoms with Crippen molar-refractivity contribution < 1.29 is 4.39 Å². The van der Waals surface area contributed by atoms with E-state index in [0.29, 0.717) is 6.04 Å². The monoisotopic (exact) mass is 386 g/mol. The first kappa shape index (κ1) is 20.1. The summed E-state index contributed by atoms with van der Waals surface area (Å²) in [6, 6.07) is 5.44. The fourth-order valence-electron chi connectivity index (χ4n) is 2.57. The van der Waals surface area contributed by atoms with Crippen LogP contribution in [0.5, 0.6) is 0 Å². The highest BCUT2D eigenvalue weighted by molar-refractivity contribution is 9.10. The van der Waals surface area contributed by atoms with Crippen LogP contribution in [0.1, 0.15) is 31.4 Å². The molecule has 1 fully saturated rings. The third-order valence-corrected chi connectivity index (χ3v) is 4.16. The minimum Gasteiger partial charge on any atom is -0.314 e. The van der Waals surface area contributed by atoms with E-state index >= 15 is 0 Å². The third-order valence-electron chi connectivity index (χ3n) is 3.48. The van der Waals surface area contributed by atoms with Crippen molar-refractivity contribution in [1.82, 2.24) is 10.2 Å². The Labute approximate surface area is 141 Å². The van der Waals surface area contributed by atoms with Gasteiger partial charge < -0.3 is 5.32 Å². The molecule has 1 N–H and O–H groups in total. The standard InChI is InChI=1S/C14H20BrFN2.2ClH/c1-2-3-14(18-8-6-17-7-9-18)12-5-4-11(16)10-13(12)15;;/h4-5,10,14,17H,2-3,6-9H2,1H3;2*1H/t14-;;/m0../s1. The minimum atomic E-state index is -0.179. The van der Waals surface area contributed by atoms with Gasteiger partial charge in [0.1, 0.15) is 5.82 Å². The van der Waals surface area contributed by atoms with Crippen LogP contribution in [-0.4, -0.2) is 31.1 Å². The van der Waals surface area contributed by atoms with E-state index in [9.17, 15) is 4.39 Å². The van der Waals surface area contributed by atoms with Crippen molar-refractivity contribution in [1.29, 1.82) is 0 Å². The first-order chi connectivity index (χ1) is 8.72. The minimum absolute atomic E-state index is 0. The van der Waals surface area contributed by atoms with E-state index in [1.54, 1.807) is 12.1 Å². The van der Waals surface area contributed by atoms with Gasteiger partial charge in [-0.3, -0.25) is 4.90 Å². The average molecular weight is 388 g/mol. The Balaban J connectivity index is 0.00000180. The maximum Gasteiger partial charge on any atom is 0.124 e. The number of hydrogen-bond acceptors (Lipinski definition) is 2. The molecule has 0 bridgehead atoms.